The van der Waals surface area contributed by atoms with E-state index in [0.29, 0.717) is 17.9 Å². The standard InChI is InChI=1S/C15H22ClNO3S/c1-13-7-9-15(10-8-13)21(19,20)17(2)11-5-3-4-6-14(18)12-16/h7-10H,3-6,11-12H2,1-2H3. The lowest BCUT2D eigenvalue weighted by Crippen LogP contribution is -2.28. The molecule has 118 valence electrons. The molecule has 0 atom stereocenters. The van der Waals surface area contributed by atoms with Crippen LogP contribution in [0.5, 0.6) is 0 Å². The Hall–Kier alpha value is -0.910. The number of alkyl halides is 1. The van der Waals surface area contributed by atoms with Gasteiger partial charge < -0.3 is 0 Å². The number of hydrogen-bond donors (Lipinski definition) is 0. The van der Waals surface area contributed by atoms with Gasteiger partial charge in [0.1, 0.15) is 5.78 Å². The number of Topliss-reactive ketones (excluding diaryl/α,β-unsaturated/α-hetero) is 1. The van der Waals surface area contributed by atoms with Gasteiger partial charge in [-0.15, -0.1) is 11.6 Å². The third-order valence-corrected chi connectivity index (χ3v) is 5.48. The first-order chi connectivity index (χ1) is 9.87. The van der Waals surface area contributed by atoms with Crippen molar-refractivity contribution in [1.82, 2.24) is 4.31 Å². The molecule has 0 aliphatic carbocycles. The Morgan fingerprint density at radius 1 is 1.14 bits per heavy atom. The van der Waals surface area contributed by atoms with Crippen LogP contribution >= 0.6 is 11.6 Å². The molecule has 0 amide bonds. The van der Waals surface area contributed by atoms with Crippen LogP contribution in [0.3, 0.4) is 0 Å². The Labute approximate surface area is 132 Å². The second-order valence-corrected chi connectivity index (χ2v) is 7.43. The largest absolute Gasteiger partial charge is 0.298 e. The van der Waals surface area contributed by atoms with Gasteiger partial charge in [-0.1, -0.05) is 24.1 Å². The summed E-state index contributed by atoms with van der Waals surface area (Å²) in [5.74, 6) is 0.0964. The van der Waals surface area contributed by atoms with Gasteiger partial charge in [-0.3, -0.25) is 4.79 Å². The van der Waals surface area contributed by atoms with E-state index < -0.39 is 10.0 Å². The van der Waals surface area contributed by atoms with Crippen molar-refractivity contribution < 1.29 is 13.2 Å². The highest BCUT2D eigenvalue weighted by atomic mass is 35.5. The summed E-state index contributed by atoms with van der Waals surface area (Å²) in [6.45, 7) is 2.37. The molecule has 0 heterocycles. The number of rotatable bonds is 9. The monoisotopic (exact) mass is 331 g/mol. The van der Waals surface area contributed by atoms with E-state index in [0.717, 1.165) is 24.8 Å². The highest BCUT2D eigenvalue weighted by Gasteiger charge is 2.19. The van der Waals surface area contributed by atoms with Crippen LogP contribution in [0.25, 0.3) is 0 Å². The zero-order valence-electron chi connectivity index (χ0n) is 12.5. The molecule has 0 aromatic heterocycles. The number of carbonyl (C=O) groups is 1. The van der Waals surface area contributed by atoms with Crippen molar-refractivity contribution in [2.75, 3.05) is 19.5 Å². The van der Waals surface area contributed by atoms with Gasteiger partial charge in [-0.2, -0.15) is 0 Å². The average Bonchev–Trinajstić information content (AvgIpc) is 2.46. The van der Waals surface area contributed by atoms with E-state index in [4.69, 9.17) is 11.6 Å². The summed E-state index contributed by atoms with van der Waals surface area (Å²) in [6.07, 6.45) is 2.77. The number of aryl methyl sites for hydroxylation is 1. The van der Waals surface area contributed by atoms with Gasteiger partial charge in [0.2, 0.25) is 10.0 Å². The summed E-state index contributed by atoms with van der Waals surface area (Å²) < 4.78 is 26.0. The maximum atomic E-state index is 12.3. The van der Waals surface area contributed by atoms with E-state index >= 15 is 0 Å². The van der Waals surface area contributed by atoms with Crippen molar-refractivity contribution in [2.45, 2.75) is 37.5 Å². The third-order valence-electron chi connectivity index (χ3n) is 3.31. The lowest BCUT2D eigenvalue weighted by atomic mass is 10.1. The average molecular weight is 332 g/mol. The number of benzene rings is 1. The Bertz CT molecular complexity index is 555. The molecular weight excluding hydrogens is 310 g/mol. The van der Waals surface area contributed by atoms with Crippen molar-refractivity contribution in [3.8, 4) is 0 Å². The fraction of sp³-hybridized carbons (Fsp3) is 0.533. The van der Waals surface area contributed by atoms with Crippen LogP contribution in [0.1, 0.15) is 31.2 Å². The lowest BCUT2D eigenvalue weighted by Gasteiger charge is -2.17. The first kappa shape index (κ1) is 18.1. The highest BCUT2D eigenvalue weighted by Crippen LogP contribution is 2.15. The zero-order valence-corrected chi connectivity index (χ0v) is 14.1. The third kappa shape index (κ3) is 5.77. The summed E-state index contributed by atoms with van der Waals surface area (Å²) in [6, 6.07) is 6.83. The Balaban J connectivity index is 2.45. The van der Waals surface area contributed by atoms with Gasteiger partial charge in [-0.05, 0) is 31.9 Å². The summed E-state index contributed by atoms with van der Waals surface area (Å²) in [5.41, 5.74) is 1.03. The van der Waals surface area contributed by atoms with Crippen molar-refractivity contribution in [1.29, 1.82) is 0 Å². The van der Waals surface area contributed by atoms with Crippen LogP contribution in [-0.2, 0) is 14.8 Å². The molecule has 21 heavy (non-hydrogen) atoms. The number of unbranched alkanes of at least 4 members (excludes halogenated alkanes) is 2. The summed E-state index contributed by atoms with van der Waals surface area (Å²) in [4.78, 5) is 11.4. The molecule has 0 aliphatic rings. The van der Waals surface area contributed by atoms with Gasteiger partial charge in [0, 0.05) is 20.0 Å². The zero-order chi connectivity index (χ0) is 15.9. The predicted molar refractivity (Wildman–Crippen MR) is 85.2 cm³/mol. The molecule has 4 nitrogen and oxygen atoms in total. The Morgan fingerprint density at radius 2 is 1.76 bits per heavy atom. The molecule has 0 saturated heterocycles. The number of halogens is 1. The van der Waals surface area contributed by atoms with Crippen LogP contribution in [0.4, 0.5) is 0 Å². The van der Waals surface area contributed by atoms with E-state index in [-0.39, 0.29) is 11.7 Å². The smallest absolute Gasteiger partial charge is 0.242 e. The number of carbonyl (C=O) groups excluding carboxylic acids is 1. The van der Waals surface area contributed by atoms with Crippen LogP contribution in [0.15, 0.2) is 29.2 Å². The molecule has 1 aromatic carbocycles. The SMILES string of the molecule is Cc1ccc(S(=O)(=O)N(C)CCCCCC(=O)CCl)cc1. The van der Waals surface area contributed by atoms with Crippen LogP contribution in [0, 0.1) is 6.92 Å². The van der Waals surface area contributed by atoms with Crippen LogP contribution in [-0.4, -0.2) is 38.0 Å². The molecule has 0 unspecified atom stereocenters. The first-order valence-corrected chi connectivity index (χ1v) is 8.96. The molecule has 6 heteroatoms. The fourth-order valence-corrected chi connectivity index (χ4v) is 3.25. The minimum Gasteiger partial charge on any atom is -0.298 e. The van der Waals surface area contributed by atoms with Crippen molar-refractivity contribution in [3.63, 3.8) is 0 Å². The normalized spacial score (nSPS) is 11.8. The molecule has 0 saturated carbocycles. The van der Waals surface area contributed by atoms with Crippen LogP contribution < -0.4 is 0 Å². The molecule has 0 fully saturated rings. The number of ketones is 1. The second kappa shape index (κ2) is 8.51. The highest BCUT2D eigenvalue weighted by molar-refractivity contribution is 7.89. The number of nitrogens with zero attached hydrogens (tertiary/aromatic N) is 1. The predicted octanol–water partition coefficient (Wildman–Crippen LogP) is 2.98. The van der Waals surface area contributed by atoms with E-state index in [9.17, 15) is 13.2 Å². The number of hydrogen-bond acceptors (Lipinski definition) is 3. The van der Waals surface area contributed by atoms with Gasteiger partial charge in [0.05, 0.1) is 10.8 Å². The summed E-state index contributed by atoms with van der Waals surface area (Å²) in [5, 5.41) is 0. The van der Waals surface area contributed by atoms with E-state index in [1.807, 2.05) is 6.92 Å². The maximum Gasteiger partial charge on any atom is 0.242 e. The molecular formula is C15H22ClNO3S. The molecule has 1 aromatic rings. The maximum absolute atomic E-state index is 12.3. The Morgan fingerprint density at radius 3 is 2.33 bits per heavy atom. The van der Waals surface area contributed by atoms with E-state index in [1.54, 1.807) is 31.3 Å². The van der Waals surface area contributed by atoms with Crippen molar-refractivity contribution >= 4 is 27.4 Å². The van der Waals surface area contributed by atoms with Gasteiger partial charge in [0.25, 0.3) is 0 Å². The molecule has 0 aliphatic heterocycles. The minimum atomic E-state index is -3.42. The lowest BCUT2D eigenvalue weighted by molar-refractivity contribution is -0.116. The molecule has 0 radical (unpaired) electrons. The van der Waals surface area contributed by atoms with E-state index in [2.05, 4.69) is 0 Å². The first-order valence-electron chi connectivity index (χ1n) is 6.98. The van der Waals surface area contributed by atoms with Gasteiger partial charge in [0.15, 0.2) is 0 Å². The van der Waals surface area contributed by atoms with Gasteiger partial charge >= 0.3 is 0 Å². The number of sulfonamides is 1. The molecule has 0 N–H and O–H groups in total. The van der Waals surface area contributed by atoms with Crippen LogP contribution in [0.2, 0.25) is 0 Å². The molecule has 0 spiro atoms. The fourth-order valence-electron chi connectivity index (χ4n) is 1.91. The quantitative estimate of drug-likeness (QED) is 0.516. The van der Waals surface area contributed by atoms with Crippen molar-refractivity contribution in [2.24, 2.45) is 0 Å². The molecule has 0 bridgehead atoms. The van der Waals surface area contributed by atoms with Gasteiger partial charge in [-0.25, -0.2) is 12.7 Å². The second-order valence-electron chi connectivity index (χ2n) is 5.12. The summed E-state index contributed by atoms with van der Waals surface area (Å²) in [7, 11) is -1.84. The molecule has 1 rings (SSSR count). The topological polar surface area (TPSA) is 54.5 Å². The Kier molecular flexibility index (Phi) is 7.35. The van der Waals surface area contributed by atoms with E-state index in [1.165, 1.54) is 4.31 Å². The summed E-state index contributed by atoms with van der Waals surface area (Å²) >= 11 is 5.42. The van der Waals surface area contributed by atoms with Crippen molar-refractivity contribution in [3.05, 3.63) is 29.8 Å². The minimum absolute atomic E-state index is 0.0392.